The first-order valence-electron chi connectivity index (χ1n) is 9.61. The fourth-order valence-corrected chi connectivity index (χ4v) is 2.77. The Morgan fingerprint density at radius 3 is 2.67 bits per heavy atom. The van der Waals surface area contributed by atoms with Crippen LogP contribution in [0.25, 0.3) is 0 Å². The van der Waals surface area contributed by atoms with E-state index in [1.165, 1.54) is 13.1 Å². The highest BCUT2D eigenvalue weighted by Gasteiger charge is 2.45. The summed E-state index contributed by atoms with van der Waals surface area (Å²) in [6, 6.07) is 6.23. The van der Waals surface area contributed by atoms with Gasteiger partial charge in [-0.05, 0) is 67.0 Å². The molecule has 3 rings (SSSR count). The minimum atomic E-state index is -1.47. The molecule has 2 unspecified atom stereocenters. The summed E-state index contributed by atoms with van der Waals surface area (Å²) in [5.74, 6) is 0.296. The second-order valence-corrected chi connectivity index (χ2v) is 10.2. The maximum atomic E-state index is 13.5. The van der Waals surface area contributed by atoms with E-state index in [0.29, 0.717) is 17.3 Å². The van der Waals surface area contributed by atoms with Gasteiger partial charge in [-0.15, -0.1) is 0 Å². The Bertz CT molecular complexity index is 927. The Balaban J connectivity index is 1.58. The number of anilines is 1. The summed E-state index contributed by atoms with van der Waals surface area (Å²) in [6.45, 7) is 5.05. The number of alkyl halides is 2. The van der Waals surface area contributed by atoms with Crippen LogP contribution in [0.1, 0.15) is 55.6 Å². The fraction of sp³-hybridized carbons (Fsp3) is 0.429. The summed E-state index contributed by atoms with van der Waals surface area (Å²) in [5.41, 5.74) is 0.847. The zero-order valence-electron chi connectivity index (χ0n) is 17.0. The van der Waals surface area contributed by atoms with Gasteiger partial charge in [0.15, 0.2) is 3.68 Å². The van der Waals surface area contributed by atoms with Crippen LogP contribution in [0.3, 0.4) is 0 Å². The summed E-state index contributed by atoms with van der Waals surface area (Å²) in [5, 5.41) is 5.66. The van der Waals surface area contributed by atoms with Crippen molar-refractivity contribution in [1.82, 2.24) is 15.3 Å². The van der Waals surface area contributed by atoms with Crippen LogP contribution in [0.4, 0.5) is 10.2 Å². The Kier molecular flexibility index (Phi) is 6.59. The van der Waals surface area contributed by atoms with Crippen LogP contribution >= 0.6 is 22.6 Å². The number of aromatic nitrogens is 2. The third-order valence-corrected chi connectivity index (χ3v) is 5.20. The number of hydrogen-bond acceptors (Lipinski definition) is 5. The van der Waals surface area contributed by atoms with Crippen molar-refractivity contribution >= 4 is 40.2 Å². The quantitative estimate of drug-likeness (QED) is 0.397. The zero-order valence-corrected chi connectivity index (χ0v) is 19.2. The second-order valence-electron chi connectivity index (χ2n) is 7.93. The van der Waals surface area contributed by atoms with Crippen molar-refractivity contribution in [3.63, 3.8) is 0 Å². The average molecular weight is 526 g/mol. The minimum Gasteiger partial charge on any atom is -0.473 e. The molecular formula is C21H24FIN4O3. The molecule has 0 aliphatic heterocycles. The number of nitrogens with one attached hydrogen (secondary N) is 2. The van der Waals surface area contributed by atoms with Crippen molar-refractivity contribution in [3.8, 4) is 5.88 Å². The van der Waals surface area contributed by atoms with Gasteiger partial charge in [-0.25, -0.2) is 14.4 Å². The smallest absolute Gasteiger partial charge is 0.251 e. The molecule has 0 aromatic carbocycles. The maximum absolute atomic E-state index is 13.5. The molecular weight excluding hydrogens is 502 g/mol. The minimum absolute atomic E-state index is 0.0787. The van der Waals surface area contributed by atoms with Gasteiger partial charge in [0.2, 0.25) is 11.8 Å². The van der Waals surface area contributed by atoms with E-state index in [2.05, 4.69) is 20.6 Å². The first-order chi connectivity index (χ1) is 14.1. The molecule has 9 heteroatoms. The van der Waals surface area contributed by atoms with Gasteiger partial charge in [0.1, 0.15) is 12.4 Å². The van der Waals surface area contributed by atoms with Crippen LogP contribution in [0.5, 0.6) is 5.88 Å². The molecule has 2 aromatic heterocycles. The number of carbonyl (C=O) groups is 2. The Morgan fingerprint density at radius 2 is 2.07 bits per heavy atom. The van der Waals surface area contributed by atoms with Gasteiger partial charge < -0.3 is 15.4 Å². The van der Waals surface area contributed by atoms with Crippen LogP contribution in [0.2, 0.25) is 0 Å². The lowest BCUT2D eigenvalue weighted by Crippen LogP contribution is -2.27. The molecule has 7 nitrogen and oxygen atoms in total. The van der Waals surface area contributed by atoms with Gasteiger partial charge in [0.05, 0.1) is 6.04 Å². The van der Waals surface area contributed by atoms with Gasteiger partial charge in [-0.3, -0.25) is 9.59 Å². The number of halogens is 2. The molecule has 1 fully saturated rings. The van der Waals surface area contributed by atoms with Crippen LogP contribution in [-0.2, 0) is 4.79 Å². The van der Waals surface area contributed by atoms with Crippen molar-refractivity contribution in [3.05, 3.63) is 47.8 Å². The van der Waals surface area contributed by atoms with E-state index >= 15 is 0 Å². The molecule has 0 bridgehead atoms. The molecule has 160 valence electrons. The SMILES string of the molecule is CC(NC(=O)c1ccnc(NC(=O)C2(C)CC2)c1)c1ccc(OCC(C)(F)I)nc1. The number of carbonyl (C=O) groups excluding carboxylic acids is 2. The predicted octanol–water partition coefficient (Wildman–Crippen LogP) is 4.21. The normalized spacial score (nSPS) is 17.4. The van der Waals surface area contributed by atoms with Crippen LogP contribution in [-0.4, -0.2) is 32.1 Å². The lowest BCUT2D eigenvalue weighted by Gasteiger charge is -2.16. The van der Waals surface area contributed by atoms with E-state index in [-0.39, 0.29) is 29.9 Å². The number of hydrogen-bond donors (Lipinski definition) is 2. The molecule has 2 heterocycles. The van der Waals surface area contributed by atoms with Gasteiger partial charge in [-0.1, -0.05) is 13.0 Å². The molecule has 2 atom stereocenters. The van der Waals surface area contributed by atoms with E-state index in [1.807, 2.05) is 13.8 Å². The fourth-order valence-electron chi connectivity index (χ4n) is 2.62. The monoisotopic (exact) mass is 526 g/mol. The molecule has 1 saturated carbocycles. The molecule has 2 N–H and O–H groups in total. The lowest BCUT2D eigenvalue weighted by atomic mass is 10.1. The van der Waals surface area contributed by atoms with Gasteiger partial charge >= 0.3 is 0 Å². The summed E-state index contributed by atoms with van der Waals surface area (Å²) in [6.07, 6.45) is 4.79. The summed E-state index contributed by atoms with van der Waals surface area (Å²) in [7, 11) is 0. The summed E-state index contributed by atoms with van der Waals surface area (Å²) >= 11 is 1.66. The predicted molar refractivity (Wildman–Crippen MR) is 119 cm³/mol. The van der Waals surface area contributed by atoms with E-state index in [4.69, 9.17) is 4.74 Å². The number of rotatable bonds is 8. The van der Waals surface area contributed by atoms with Crippen LogP contribution in [0.15, 0.2) is 36.7 Å². The van der Waals surface area contributed by atoms with Crippen molar-refractivity contribution in [2.75, 3.05) is 11.9 Å². The molecule has 2 amide bonds. The largest absolute Gasteiger partial charge is 0.473 e. The topological polar surface area (TPSA) is 93.2 Å². The van der Waals surface area contributed by atoms with Gasteiger partial charge in [-0.2, -0.15) is 0 Å². The number of nitrogens with zero attached hydrogens (tertiary/aromatic N) is 2. The third kappa shape index (κ3) is 6.10. The van der Waals surface area contributed by atoms with E-state index in [9.17, 15) is 14.0 Å². The van der Waals surface area contributed by atoms with E-state index < -0.39 is 3.68 Å². The van der Waals surface area contributed by atoms with Crippen molar-refractivity contribution < 1.29 is 18.7 Å². The molecule has 0 radical (unpaired) electrons. The van der Waals surface area contributed by atoms with Gasteiger partial charge in [0, 0.05) is 29.4 Å². The maximum Gasteiger partial charge on any atom is 0.251 e. The molecule has 0 saturated heterocycles. The molecule has 2 aromatic rings. The highest BCUT2D eigenvalue weighted by atomic mass is 127. The molecule has 30 heavy (non-hydrogen) atoms. The highest BCUT2D eigenvalue weighted by Crippen LogP contribution is 2.45. The molecule has 1 aliphatic carbocycles. The van der Waals surface area contributed by atoms with Crippen molar-refractivity contribution in [2.24, 2.45) is 5.41 Å². The highest BCUT2D eigenvalue weighted by molar-refractivity contribution is 14.1. The zero-order chi connectivity index (χ0) is 21.9. The first-order valence-corrected chi connectivity index (χ1v) is 10.7. The first kappa shape index (κ1) is 22.4. The van der Waals surface area contributed by atoms with Crippen LogP contribution in [0, 0.1) is 5.41 Å². The Morgan fingerprint density at radius 1 is 1.33 bits per heavy atom. The Hall–Kier alpha value is -2.30. The third-order valence-electron chi connectivity index (χ3n) is 4.89. The van der Waals surface area contributed by atoms with Crippen molar-refractivity contribution in [2.45, 2.75) is 43.3 Å². The van der Waals surface area contributed by atoms with E-state index in [0.717, 1.165) is 18.4 Å². The standard InChI is InChI=1S/C21H24FIN4O3/c1-13(15-4-5-17(25-11-15)30-12-21(3,22)23)26-18(28)14-6-9-24-16(10-14)27-19(29)20(2)7-8-20/h4-6,9-11,13H,7-8,12H2,1-3H3,(H,26,28)(H,24,27,29). The Labute approximate surface area is 188 Å². The summed E-state index contributed by atoms with van der Waals surface area (Å²) in [4.78, 5) is 33.1. The summed E-state index contributed by atoms with van der Waals surface area (Å²) < 4.78 is 17.3. The molecule has 0 spiro atoms. The van der Waals surface area contributed by atoms with Crippen LogP contribution < -0.4 is 15.4 Å². The van der Waals surface area contributed by atoms with Crippen molar-refractivity contribution in [1.29, 1.82) is 0 Å². The molecule has 1 aliphatic rings. The number of ether oxygens (including phenoxy) is 1. The van der Waals surface area contributed by atoms with E-state index in [1.54, 1.807) is 53.1 Å². The lowest BCUT2D eigenvalue weighted by molar-refractivity contribution is -0.120. The number of amides is 2. The number of pyridine rings is 2. The van der Waals surface area contributed by atoms with Gasteiger partial charge in [0.25, 0.3) is 5.91 Å². The second kappa shape index (κ2) is 8.83. The average Bonchev–Trinajstić information content (AvgIpc) is 3.45.